The zero-order chi connectivity index (χ0) is 16.2. The van der Waals surface area contributed by atoms with E-state index in [-0.39, 0.29) is 30.2 Å². The predicted molar refractivity (Wildman–Crippen MR) is 96.1 cm³/mol. The normalized spacial score (nSPS) is 17.2. The fraction of sp³-hybridized carbons (Fsp3) is 0.278. The molecular formula is C18H19Cl2FN2O. The highest BCUT2D eigenvalue weighted by Crippen LogP contribution is 2.24. The quantitative estimate of drug-likeness (QED) is 0.897. The summed E-state index contributed by atoms with van der Waals surface area (Å²) in [6.45, 7) is 1.98. The lowest BCUT2D eigenvalue weighted by Gasteiger charge is -2.36. The minimum Gasteiger partial charge on any atom is -0.333 e. The van der Waals surface area contributed by atoms with Gasteiger partial charge in [-0.1, -0.05) is 35.9 Å². The summed E-state index contributed by atoms with van der Waals surface area (Å²) in [5.74, 6) is -0.252. The second kappa shape index (κ2) is 8.47. The first kappa shape index (κ1) is 18.7. The molecule has 0 bridgehead atoms. The van der Waals surface area contributed by atoms with Crippen molar-refractivity contribution in [2.45, 2.75) is 12.5 Å². The smallest absolute Gasteiger partial charge is 0.227 e. The number of piperazine rings is 1. The van der Waals surface area contributed by atoms with E-state index in [2.05, 4.69) is 5.32 Å². The molecule has 1 fully saturated rings. The van der Waals surface area contributed by atoms with Gasteiger partial charge >= 0.3 is 0 Å². The molecule has 1 atom stereocenters. The van der Waals surface area contributed by atoms with E-state index in [4.69, 9.17) is 11.6 Å². The second-order valence-corrected chi connectivity index (χ2v) is 6.11. The number of halogens is 3. The maximum absolute atomic E-state index is 13.5. The molecule has 1 amide bonds. The Labute approximate surface area is 152 Å². The van der Waals surface area contributed by atoms with Gasteiger partial charge in [0.2, 0.25) is 5.91 Å². The highest BCUT2D eigenvalue weighted by Gasteiger charge is 2.27. The molecule has 1 heterocycles. The lowest BCUT2D eigenvalue weighted by Crippen LogP contribution is -2.49. The minimum atomic E-state index is -0.282. The summed E-state index contributed by atoms with van der Waals surface area (Å²) in [5.41, 5.74) is 1.70. The molecule has 0 aromatic heterocycles. The number of nitrogens with zero attached hydrogens (tertiary/aromatic N) is 1. The number of hydrogen-bond donors (Lipinski definition) is 1. The van der Waals surface area contributed by atoms with Crippen LogP contribution in [0.4, 0.5) is 4.39 Å². The first-order chi connectivity index (χ1) is 11.1. The molecule has 0 aliphatic carbocycles. The molecule has 1 aliphatic rings. The number of nitrogens with one attached hydrogen (secondary N) is 1. The summed E-state index contributed by atoms with van der Waals surface area (Å²) >= 11 is 5.98. The molecule has 0 saturated carbocycles. The van der Waals surface area contributed by atoms with Crippen molar-refractivity contribution in [3.8, 4) is 0 Å². The molecular weight excluding hydrogens is 350 g/mol. The van der Waals surface area contributed by atoms with Crippen molar-refractivity contribution < 1.29 is 9.18 Å². The van der Waals surface area contributed by atoms with E-state index in [1.165, 1.54) is 12.1 Å². The van der Waals surface area contributed by atoms with Gasteiger partial charge in [-0.05, 0) is 35.4 Å². The number of benzene rings is 2. The molecule has 1 aliphatic heterocycles. The van der Waals surface area contributed by atoms with E-state index in [0.29, 0.717) is 24.5 Å². The van der Waals surface area contributed by atoms with Crippen LogP contribution in [-0.2, 0) is 11.2 Å². The van der Waals surface area contributed by atoms with Crippen LogP contribution in [0.15, 0.2) is 48.5 Å². The van der Waals surface area contributed by atoms with E-state index >= 15 is 0 Å². The molecule has 2 aromatic carbocycles. The van der Waals surface area contributed by atoms with Gasteiger partial charge in [0.05, 0.1) is 12.5 Å². The van der Waals surface area contributed by atoms with Crippen LogP contribution in [0, 0.1) is 5.82 Å². The zero-order valence-electron chi connectivity index (χ0n) is 13.0. The van der Waals surface area contributed by atoms with Crippen LogP contribution in [0.1, 0.15) is 17.2 Å². The summed E-state index contributed by atoms with van der Waals surface area (Å²) < 4.78 is 13.5. The van der Waals surface area contributed by atoms with Crippen molar-refractivity contribution in [2.24, 2.45) is 0 Å². The highest BCUT2D eigenvalue weighted by molar-refractivity contribution is 6.30. The average molecular weight is 369 g/mol. The van der Waals surface area contributed by atoms with E-state index in [1.54, 1.807) is 18.2 Å². The number of carbonyl (C=O) groups excluding carboxylic acids is 1. The first-order valence-corrected chi connectivity index (χ1v) is 8.01. The van der Waals surface area contributed by atoms with Crippen LogP contribution in [-0.4, -0.2) is 30.4 Å². The number of hydrogen-bond acceptors (Lipinski definition) is 2. The van der Waals surface area contributed by atoms with Gasteiger partial charge in [0.1, 0.15) is 5.82 Å². The third kappa shape index (κ3) is 4.47. The molecule has 1 unspecified atom stereocenters. The Morgan fingerprint density at radius 1 is 1.25 bits per heavy atom. The third-order valence-corrected chi connectivity index (χ3v) is 4.28. The van der Waals surface area contributed by atoms with Gasteiger partial charge in [-0.3, -0.25) is 4.79 Å². The SMILES string of the molecule is Cl.O=C(Cc1cccc(Cl)c1)N1CCNCC1c1cccc(F)c1. The minimum absolute atomic E-state index is 0. The molecule has 1 saturated heterocycles. The van der Waals surface area contributed by atoms with Crippen molar-refractivity contribution in [3.63, 3.8) is 0 Å². The Morgan fingerprint density at radius 2 is 2.04 bits per heavy atom. The molecule has 3 rings (SSSR count). The van der Waals surface area contributed by atoms with E-state index in [0.717, 1.165) is 17.7 Å². The monoisotopic (exact) mass is 368 g/mol. The van der Waals surface area contributed by atoms with Gasteiger partial charge in [0.25, 0.3) is 0 Å². The van der Waals surface area contributed by atoms with Crippen LogP contribution < -0.4 is 5.32 Å². The Hall–Kier alpha value is -1.62. The Morgan fingerprint density at radius 3 is 2.79 bits per heavy atom. The van der Waals surface area contributed by atoms with Crippen LogP contribution in [0.2, 0.25) is 5.02 Å². The number of amides is 1. The largest absolute Gasteiger partial charge is 0.333 e. The molecule has 2 aromatic rings. The van der Waals surface area contributed by atoms with E-state index in [1.807, 2.05) is 23.1 Å². The van der Waals surface area contributed by atoms with Crippen molar-refractivity contribution in [1.29, 1.82) is 0 Å². The maximum atomic E-state index is 13.5. The van der Waals surface area contributed by atoms with Gasteiger partial charge in [-0.25, -0.2) is 4.39 Å². The van der Waals surface area contributed by atoms with Gasteiger partial charge in [-0.15, -0.1) is 12.4 Å². The number of rotatable bonds is 3. The van der Waals surface area contributed by atoms with Gasteiger partial charge in [-0.2, -0.15) is 0 Å². The van der Waals surface area contributed by atoms with Crippen molar-refractivity contribution >= 4 is 29.9 Å². The molecule has 6 heteroatoms. The van der Waals surface area contributed by atoms with Crippen LogP contribution in [0.25, 0.3) is 0 Å². The molecule has 3 nitrogen and oxygen atoms in total. The van der Waals surface area contributed by atoms with E-state index < -0.39 is 0 Å². The summed E-state index contributed by atoms with van der Waals surface area (Å²) in [7, 11) is 0. The lowest BCUT2D eigenvalue weighted by molar-refractivity contribution is -0.133. The van der Waals surface area contributed by atoms with Crippen molar-refractivity contribution in [3.05, 3.63) is 70.5 Å². The van der Waals surface area contributed by atoms with Crippen LogP contribution >= 0.6 is 24.0 Å². The van der Waals surface area contributed by atoms with Crippen molar-refractivity contribution in [1.82, 2.24) is 10.2 Å². The average Bonchev–Trinajstić information content (AvgIpc) is 2.55. The van der Waals surface area contributed by atoms with Crippen LogP contribution in [0.5, 0.6) is 0 Å². The summed E-state index contributed by atoms with van der Waals surface area (Å²) in [4.78, 5) is 14.5. The summed E-state index contributed by atoms with van der Waals surface area (Å²) in [5, 5.41) is 3.90. The predicted octanol–water partition coefficient (Wildman–Crippen LogP) is 3.62. The Bertz CT molecular complexity index is 711. The summed E-state index contributed by atoms with van der Waals surface area (Å²) in [6.07, 6.45) is 0.298. The Kier molecular flexibility index (Phi) is 6.60. The van der Waals surface area contributed by atoms with Gasteiger partial charge in [0.15, 0.2) is 0 Å². The lowest BCUT2D eigenvalue weighted by atomic mass is 10.0. The second-order valence-electron chi connectivity index (χ2n) is 5.67. The van der Waals surface area contributed by atoms with Gasteiger partial charge in [0, 0.05) is 24.7 Å². The Balaban J connectivity index is 0.00000208. The molecule has 1 N–H and O–H groups in total. The topological polar surface area (TPSA) is 32.3 Å². The molecule has 24 heavy (non-hydrogen) atoms. The van der Waals surface area contributed by atoms with Gasteiger partial charge < -0.3 is 10.2 Å². The highest BCUT2D eigenvalue weighted by atomic mass is 35.5. The molecule has 128 valence electrons. The number of carbonyl (C=O) groups is 1. The fourth-order valence-corrected chi connectivity index (χ4v) is 3.15. The maximum Gasteiger partial charge on any atom is 0.227 e. The molecule has 0 spiro atoms. The molecule has 0 radical (unpaired) electrons. The van der Waals surface area contributed by atoms with Crippen molar-refractivity contribution in [2.75, 3.05) is 19.6 Å². The third-order valence-electron chi connectivity index (χ3n) is 4.04. The standard InChI is InChI=1S/C18H18ClFN2O.ClH/c19-15-5-1-3-13(9-15)10-18(23)22-8-7-21-12-17(22)14-4-2-6-16(20)11-14;/h1-6,9,11,17,21H,7-8,10,12H2;1H. The van der Waals surface area contributed by atoms with E-state index in [9.17, 15) is 9.18 Å². The zero-order valence-corrected chi connectivity index (χ0v) is 14.6. The summed E-state index contributed by atoms with van der Waals surface area (Å²) in [6, 6.07) is 13.6. The van der Waals surface area contributed by atoms with Crippen LogP contribution in [0.3, 0.4) is 0 Å². The first-order valence-electron chi connectivity index (χ1n) is 7.63. The fourth-order valence-electron chi connectivity index (χ4n) is 2.94.